The second kappa shape index (κ2) is 22.8. The van der Waals surface area contributed by atoms with Gasteiger partial charge in [0.15, 0.2) is 11.6 Å². The van der Waals surface area contributed by atoms with Crippen LogP contribution >= 0.6 is 11.6 Å². The van der Waals surface area contributed by atoms with Crippen molar-refractivity contribution in [1.29, 1.82) is 0 Å². The van der Waals surface area contributed by atoms with Crippen molar-refractivity contribution in [2.45, 2.75) is 76.9 Å². The molecule has 3 atom stereocenters. The molecular formula is C54H52ClF2N5O14. The van der Waals surface area contributed by atoms with E-state index < -0.39 is 63.1 Å². The summed E-state index contributed by atoms with van der Waals surface area (Å²) in [4.78, 5) is 80.7. The molecule has 4 aliphatic rings. The van der Waals surface area contributed by atoms with Gasteiger partial charge in [0.1, 0.15) is 47.9 Å². The second-order valence-electron chi connectivity index (χ2n) is 18.9. The Labute approximate surface area is 439 Å². The van der Waals surface area contributed by atoms with Crippen LogP contribution in [0.25, 0.3) is 5.57 Å². The van der Waals surface area contributed by atoms with E-state index in [0.717, 1.165) is 41.7 Å². The molecule has 5 aromatic carbocycles. The molecule has 0 radical (unpaired) electrons. The highest BCUT2D eigenvalue weighted by Gasteiger charge is 2.72. The summed E-state index contributed by atoms with van der Waals surface area (Å²) in [6.45, 7) is 2.14. The smallest absolute Gasteiger partial charge is 0.416 e. The number of methoxy groups -OCH3 is 1. The van der Waals surface area contributed by atoms with Crippen molar-refractivity contribution in [2.24, 2.45) is 5.41 Å². The Bertz CT molecular complexity index is 3070. The first-order chi connectivity index (χ1) is 36.6. The lowest BCUT2D eigenvalue weighted by Crippen LogP contribution is -2.72. The molecule has 2 aliphatic heterocycles. The van der Waals surface area contributed by atoms with Gasteiger partial charge in [0.05, 0.1) is 25.3 Å². The van der Waals surface area contributed by atoms with E-state index in [2.05, 4.69) is 9.68 Å². The fourth-order valence-electron chi connectivity index (χ4n) is 10.3. The number of hydrogen-bond donors (Lipinski definition) is 0. The summed E-state index contributed by atoms with van der Waals surface area (Å²) in [5, 5.41) is 19.6. The molecule has 19 nitrogen and oxygen atoms in total. The van der Waals surface area contributed by atoms with Crippen LogP contribution in [0.15, 0.2) is 109 Å². The largest absolute Gasteiger partial charge is 0.491 e. The monoisotopic (exact) mass is 1070 g/mol. The maximum atomic E-state index is 15.8. The Hall–Kier alpha value is -8.04. The molecule has 5 aromatic rings. The van der Waals surface area contributed by atoms with E-state index in [1.807, 2.05) is 54.3 Å². The van der Waals surface area contributed by atoms with Gasteiger partial charge in [0.2, 0.25) is 0 Å². The van der Waals surface area contributed by atoms with Crippen LogP contribution in [0, 0.1) is 44.2 Å². The number of ether oxygens (including phenoxy) is 5. The highest BCUT2D eigenvalue weighted by Crippen LogP contribution is 2.63. The highest BCUT2D eigenvalue weighted by atomic mass is 35.5. The molecule has 3 fully saturated rings. The van der Waals surface area contributed by atoms with Gasteiger partial charge in [-0.1, -0.05) is 72.3 Å². The number of aryl methyl sites for hydroxylation is 1. The third-order valence-electron chi connectivity index (χ3n) is 14.1. The predicted molar refractivity (Wildman–Crippen MR) is 267 cm³/mol. The first kappa shape index (κ1) is 52.8. The van der Waals surface area contributed by atoms with E-state index in [1.165, 1.54) is 34.1 Å². The van der Waals surface area contributed by atoms with Gasteiger partial charge in [0.25, 0.3) is 16.1 Å². The van der Waals surface area contributed by atoms with Crippen LogP contribution in [0.2, 0.25) is 5.02 Å². The molecular weight excluding hydrogens is 1020 g/mol. The summed E-state index contributed by atoms with van der Waals surface area (Å²) >= 11 is 5.97. The first-order valence-corrected chi connectivity index (χ1v) is 24.8. The summed E-state index contributed by atoms with van der Waals surface area (Å²) in [6, 6.07) is 25.5. The third kappa shape index (κ3) is 11.4. The summed E-state index contributed by atoms with van der Waals surface area (Å²) in [5.41, 5.74) is 4.09. The third-order valence-corrected chi connectivity index (χ3v) is 14.4. The molecule has 3 amide bonds. The lowest BCUT2D eigenvalue weighted by Gasteiger charge is -2.56. The van der Waals surface area contributed by atoms with Crippen LogP contribution in [0.5, 0.6) is 23.0 Å². The quantitative estimate of drug-likeness (QED) is 0.0273. The Kier molecular flexibility index (Phi) is 15.9. The molecule has 1 spiro atoms. The lowest BCUT2D eigenvalue weighted by atomic mass is 9.66. The van der Waals surface area contributed by atoms with E-state index >= 15 is 4.79 Å². The minimum Gasteiger partial charge on any atom is -0.491 e. The minimum absolute atomic E-state index is 0.0207. The van der Waals surface area contributed by atoms with Gasteiger partial charge in [-0.15, -0.1) is 20.2 Å². The van der Waals surface area contributed by atoms with Crippen LogP contribution in [0.4, 0.5) is 18.4 Å². The Morgan fingerprint density at radius 3 is 2.08 bits per heavy atom. The van der Waals surface area contributed by atoms with Crippen molar-refractivity contribution in [1.82, 2.24) is 14.7 Å². The lowest BCUT2D eigenvalue weighted by molar-refractivity contribution is -0.763. The van der Waals surface area contributed by atoms with Gasteiger partial charge in [-0.3, -0.25) is 9.69 Å². The number of halogens is 3. The number of carbonyl (C=O) groups excluding carboxylic acids is 3. The average Bonchev–Trinajstić information content (AvgIpc) is 4.21. The molecule has 3 unspecified atom stereocenters. The maximum absolute atomic E-state index is 15.8. The highest BCUT2D eigenvalue weighted by molar-refractivity contribution is 6.32. The molecule has 9 rings (SSSR count). The van der Waals surface area contributed by atoms with Crippen molar-refractivity contribution in [2.75, 3.05) is 40.0 Å². The molecule has 0 N–H and O–H groups in total. The Morgan fingerprint density at radius 2 is 1.43 bits per heavy atom. The van der Waals surface area contributed by atoms with Gasteiger partial charge in [-0.05, 0) is 120 Å². The van der Waals surface area contributed by atoms with Crippen LogP contribution in [-0.4, -0.2) is 101 Å². The van der Waals surface area contributed by atoms with Gasteiger partial charge in [-0.2, -0.15) is 0 Å². The minimum atomic E-state index is -0.932. The summed E-state index contributed by atoms with van der Waals surface area (Å²) < 4.78 is 57.1. The van der Waals surface area contributed by atoms with Gasteiger partial charge >= 0.3 is 12.2 Å². The fourth-order valence-corrected chi connectivity index (χ4v) is 10.5. The van der Waals surface area contributed by atoms with Crippen LogP contribution in [-0.2, 0) is 45.4 Å². The number of benzene rings is 5. The topological polar surface area (TPSA) is 212 Å². The zero-order chi connectivity index (χ0) is 53.7. The van der Waals surface area contributed by atoms with Gasteiger partial charge in [0, 0.05) is 43.8 Å². The van der Waals surface area contributed by atoms with E-state index in [9.17, 15) is 38.6 Å². The van der Waals surface area contributed by atoms with Crippen LogP contribution < -0.4 is 18.9 Å². The molecule has 76 heavy (non-hydrogen) atoms. The van der Waals surface area contributed by atoms with Crippen molar-refractivity contribution in [3.05, 3.63) is 179 Å². The number of amides is 3. The Morgan fingerprint density at radius 1 is 0.789 bits per heavy atom. The van der Waals surface area contributed by atoms with E-state index in [-0.39, 0.29) is 68.5 Å². The van der Waals surface area contributed by atoms with E-state index in [0.29, 0.717) is 59.6 Å². The number of carbonyl (C=O) groups is 3. The van der Waals surface area contributed by atoms with E-state index in [4.69, 9.17) is 35.3 Å². The molecule has 2 saturated heterocycles. The fraction of sp³-hybridized carbons (Fsp3) is 0.352. The Balaban J connectivity index is 1.06. The van der Waals surface area contributed by atoms with Crippen molar-refractivity contribution in [3.63, 3.8) is 0 Å². The number of nitrogens with zero attached hydrogens (tertiary/aromatic N) is 5. The molecule has 22 heteroatoms. The number of likely N-dealkylation sites (tertiary alicyclic amines) is 2. The predicted octanol–water partition coefficient (Wildman–Crippen LogP) is 9.48. The number of hydrogen-bond acceptors (Lipinski definition) is 14. The van der Waals surface area contributed by atoms with E-state index in [1.54, 1.807) is 31.4 Å². The first-order valence-electron chi connectivity index (χ1n) is 24.4. The van der Waals surface area contributed by atoms with Gasteiger partial charge < -0.3 is 43.2 Å². The van der Waals surface area contributed by atoms with Crippen molar-refractivity contribution in [3.8, 4) is 23.0 Å². The normalized spacial score (nSPS) is 18.3. The summed E-state index contributed by atoms with van der Waals surface area (Å²) in [7, 11) is 1.59. The maximum Gasteiger partial charge on any atom is 0.416 e. The SMILES string of the molecule is COCCOc1cccc(CN(C(=O)C2=C(c3ccc(CCCOc4c(F)ccc(F)c4Cl)cc3)CC34CN(C(=O)Oc5cccc(CO[N+](=O)[O-])c5)CC3N(C(=O)Oc3cccc(CO[N+](=O)[O-])c3)C24)C2CC2)c1C. The van der Waals surface area contributed by atoms with Crippen molar-refractivity contribution >= 4 is 35.3 Å². The number of rotatable bonds is 22. The molecule has 1 saturated carbocycles. The standard InChI is InChI=1S/C54H52ClF2N5O14/c1-33-38(10-5-13-45(33)71-24-23-70-2)28-59(39-18-19-39)51(63)47-42(37-16-14-34(15-17-37)9-6-22-72-49-44(57)21-20-43(56)48(49)55)27-54-32-58(52(64)75-40-11-3-7-35(25-40)30-73-61(66)67)29-46(54)60(50(47)54)53(65)76-41-12-4-8-36(26-41)31-74-62(68)69/h3-5,7-8,10-17,20-21,25-26,39,46,50H,6,9,18-19,22-24,27-32H2,1-2H3. The molecule has 398 valence electrons. The van der Waals surface area contributed by atoms with Gasteiger partial charge in [-0.25, -0.2) is 18.4 Å². The molecule has 2 aliphatic carbocycles. The zero-order valence-electron chi connectivity index (χ0n) is 41.3. The van der Waals surface area contributed by atoms with Crippen molar-refractivity contribution < 1.29 is 66.7 Å². The second-order valence-corrected chi connectivity index (χ2v) is 19.3. The summed E-state index contributed by atoms with van der Waals surface area (Å²) in [5.74, 6) is -1.45. The average molecular weight is 1070 g/mol. The molecule has 2 heterocycles. The van der Waals surface area contributed by atoms with Crippen LogP contribution in [0.3, 0.4) is 0 Å². The molecule has 0 aromatic heterocycles. The van der Waals surface area contributed by atoms with Crippen LogP contribution in [0.1, 0.15) is 59.1 Å². The summed E-state index contributed by atoms with van der Waals surface area (Å²) in [6.07, 6.45) is 1.06. The zero-order valence-corrected chi connectivity index (χ0v) is 42.1. The number of allylic oxidation sites excluding steroid dienone is 1. The molecule has 0 bridgehead atoms.